The maximum atomic E-state index is 13.9. The summed E-state index contributed by atoms with van der Waals surface area (Å²) in [6.45, 7) is 0.383. The number of primary amides is 1. The Hall–Kier alpha value is -3.29. The Morgan fingerprint density at radius 1 is 1.06 bits per heavy atom. The molecule has 2 unspecified atom stereocenters. The fraction of sp³-hybridized carbons (Fsp3) is 0.200. The normalized spacial score (nSPS) is 18.4. The first-order chi connectivity index (χ1) is 16.3. The number of H-pyrrole nitrogens is 1. The summed E-state index contributed by atoms with van der Waals surface area (Å²) in [7, 11) is 0. The zero-order valence-corrected chi connectivity index (χ0v) is 19.5. The molecule has 2 atom stereocenters. The summed E-state index contributed by atoms with van der Waals surface area (Å²) in [5.74, 6) is -0.348. The number of amides is 2. The molecule has 0 radical (unpaired) electrons. The van der Waals surface area contributed by atoms with Gasteiger partial charge in [-0.2, -0.15) is 0 Å². The Bertz CT molecular complexity index is 1470. The molecule has 1 aliphatic rings. The number of hydrogen-bond acceptors (Lipinski definition) is 2. The number of rotatable bonds is 3. The number of carbonyl (C=O) groups excluding carboxylic acids is 1. The van der Waals surface area contributed by atoms with Crippen molar-refractivity contribution in [2.45, 2.75) is 24.9 Å². The highest BCUT2D eigenvalue weighted by Gasteiger charge is 2.34. The third-order valence-electron chi connectivity index (χ3n) is 6.44. The van der Waals surface area contributed by atoms with Gasteiger partial charge in [0.05, 0.1) is 27.1 Å². The topological polar surface area (TPSA) is 84.1 Å². The number of hydrogen-bond donors (Lipinski definition) is 2. The number of halogens is 3. The van der Waals surface area contributed by atoms with Crippen LogP contribution in [-0.4, -0.2) is 27.0 Å². The number of likely N-dealkylation sites (tertiary alicyclic amines) is 1. The van der Waals surface area contributed by atoms with Gasteiger partial charge < -0.3 is 15.6 Å². The van der Waals surface area contributed by atoms with Gasteiger partial charge in [-0.15, -0.1) is 0 Å². The number of imidazole rings is 1. The van der Waals surface area contributed by atoms with Crippen molar-refractivity contribution < 1.29 is 9.18 Å². The van der Waals surface area contributed by atoms with Gasteiger partial charge in [-0.3, -0.25) is 4.57 Å². The Morgan fingerprint density at radius 2 is 1.85 bits per heavy atom. The molecule has 0 saturated carbocycles. The van der Waals surface area contributed by atoms with Crippen molar-refractivity contribution in [3.05, 3.63) is 92.6 Å². The van der Waals surface area contributed by atoms with E-state index in [2.05, 4.69) is 4.98 Å². The van der Waals surface area contributed by atoms with Gasteiger partial charge in [0.15, 0.2) is 0 Å². The monoisotopic (exact) mass is 498 g/mol. The largest absolute Gasteiger partial charge is 0.351 e. The highest BCUT2D eigenvalue weighted by molar-refractivity contribution is 6.42. The van der Waals surface area contributed by atoms with Gasteiger partial charge in [0.1, 0.15) is 5.82 Å². The molecular weight excluding hydrogens is 478 g/mol. The van der Waals surface area contributed by atoms with Gasteiger partial charge in [-0.25, -0.2) is 14.0 Å². The second kappa shape index (κ2) is 8.81. The van der Waals surface area contributed by atoms with Gasteiger partial charge >= 0.3 is 11.7 Å². The minimum atomic E-state index is -0.533. The average molecular weight is 499 g/mol. The first kappa shape index (κ1) is 22.5. The van der Waals surface area contributed by atoms with Crippen LogP contribution in [0.15, 0.2) is 65.5 Å². The van der Waals surface area contributed by atoms with Gasteiger partial charge in [0.25, 0.3) is 0 Å². The Balaban J connectivity index is 1.58. The number of nitrogens with one attached hydrogen (secondary N) is 1. The maximum absolute atomic E-state index is 13.9. The van der Waals surface area contributed by atoms with Crippen LogP contribution in [0.4, 0.5) is 9.18 Å². The van der Waals surface area contributed by atoms with E-state index in [1.54, 1.807) is 33.7 Å². The Labute approximate surface area is 204 Å². The maximum Gasteiger partial charge on any atom is 0.326 e. The molecule has 34 heavy (non-hydrogen) atoms. The average Bonchev–Trinajstić information content (AvgIpc) is 3.16. The molecule has 2 amide bonds. The summed E-state index contributed by atoms with van der Waals surface area (Å²) in [5, 5.41) is 0.802. The molecule has 1 saturated heterocycles. The van der Waals surface area contributed by atoms with E-state index in [9.17, 15) is 14.0 Å². The second-order valence-corrected chi connectivity index (χ2v) is 9.22. The van der Waals surface area contributed by atoms with Gasteiger partial charge in [-0.1, -0.05) is 53.5 Å². The summed E-state index contributed by atoms with van der Waals surface area (Å²) in [5.41, 5.74) is 8.98. The molecule has 3 aromatic carbocycles. The third-order valence-corrected chi connectivity index (χ3v) is 7.18. The molecule has 5 rings (SSSR count). The fourth-order valence-corrected chi connectivity index (χ4v) is 5.20. The van der Waals surface area contributed by atoms with E-state index in [0.29, 0.717) is 40.5 Å². The van der Waals surface area contributed by atoms with Gasteiger partial charge in [-0.05, 0) is 54.3 Å². The predicted octanol–water partition coefficient (Wildman–Crippen LogP) is 5.90. The van der Waals surface area contributed by atoms with Crippen LogP contribution in [0.5, 0.6) is 0 Å². The Kier molecular flexibility index (Phi) is 5.83. The van der Waals surface area contributed by atoms with Crippen molar-refractivity contribution in [3.63, 3.8) is 0 Å². The molecular formula is C25H21Cl2FN4O2. The van der Waals surface area contributed by atoms with Crippen LogP contribution in [0.25, 0.3) is 22.2 Å². The lowest BCUT2D eigenvalue weighted by molar-refractivity contribution is 0.136. The molecule has 6 nitrogen and oxygen atoms in total. The highest BCUT2D eigenvalue weighted by Crippen LogP contribution is 2.39. The van der Waals surface area contributed by atoms with E-state index in [0.717, 1.165) is 16.6 Å². The number of aromatic nitrogens is 2. The number of fused-ring (bicyclic) bond motifs is 1. The molecule has 4 aromatic rings. The zero-order chi connectivity index (χ0) is 24.0. The van der Waals surface area contributed by atoms with Crippen LogP contribution >= 0.6 is 23.2 Å². The van der Waals surface area contributed by atoms with Gasteiger partial charge in [0.2, 0.25) is 0 Å². The van der Waals surface area contributed by atoms with Crippen LogP contribution in [0.1, 0.15) is 30.5 Å². The molecule has 174 valence electrons. The molecule has 0 spiro atoms. The SMILES string of the molecule is NC(=O)N1CCC(n2c(=O)[nH]c3c(-c4cccc(F)c4)cccc32)CC1c1ccc(Cl)c(Cl)c1. The van der Waals surface area contributed by atoms with Crippen LogP contribution in [0.3, 0.4) is 0 Å². The van der Waals surface area contributed by atoms with E-state index in [1.807, 2.05) is 24.3 Å². The fourth-order valence-electron chi connectivity index (χ4n) is 4.89. The highest BCUT2D eigenvalue weighted by atomic mass is 35.5. The molecule has 0 aliphatic carbocycles. The molecule has 1 fully saturated rings. The number of aromatic amines is 1. The van der Waals surface area contributed by atoms with E-state index < -0.39 is 6.03 Å². The predicted molar refractivity (Wildman–Crippen MR) is 132 cm³/mol. The van der Waals surface area contributed by atoms with Crippen molar-refractivity contribution >= 4 is 40.3 Å². The van der Waals surface area contributed by atoms with Crippen molar-refractivity contribution in [3.8, 4) is 11.1 Å². The first-order valence-corrected chi connectivity index (χ1v) is 11.6. The van der Waals surface area contributed by atoms with Crippen molar-refractivity contribution in [1.82, 2.24) is 14.5 Å². The minimum absolute atomic E-state index is 0.195. The number of carbonyl (C=O) groups is 1. The molecule has 1 aliphatic heterocycles. The van der Waals surface area contributed by atoms with Gasteiger partial charge in [0, 0.05) is 18.2 Å². The molecule has 3 N–H and O–H groups in total. The number of nitrogens with zero attached hydrogens (tertiary/aromatic N) is 2. The lowest BCUT2D eigenvalue weighted by atomic mass is 9.91. The lowest BCUT2D eigenvalue weighted by Crippen LogP contribution is -2.45. The molecule has 2 heterocycles. The Morgan fingerprint density at radius 3 is 2.59 bits per heavy atom. The zero-order valence-electron chi connectivity index (χ0n) is 18.0. The quantitative estimate of drug-likeness (QED) is 0.368. The number of urea groups is 1. The number of benzene rings is 3. The third kappa shape index (κ3) is 3.95. The van der Waals surface area contributed by atoms with Crippen LogP contribution < -0.4 is 11.4 Å². The summed E-state index contributed by atoms with van der Waals surface area (Å²) < 4.78 is 15.6. The lowest BCUT2D eigenvalue weighted by Gasteiger charge is -2.39. The summed E-state index contributed by atoms with van der Waals surface area (Å²) in [4.78, 5) is 29.9. The van der Waals surface area contributed by atoms with Crippen molar-refractivity contribution in [1.29, 1.82) is 0 Å². The van der Waals surface area contributed by atoms with Crippen molar-refractivity contribution in [2.24, 2.45) is 5.73 Å². The smallest absolute Gasteiger partial charge is 0.326 e. The van der Waals surface area contributed by atoms with E-state index >= 15 is 0 Å². The molecule has 1 aromatic heterocycles. The van der Waals surface area contributed by atoms with Crippen LogP contribution in [-0.2, 0) is 0 Å². The summed E-state index contributed by atoms with van der Waals surface area (Å²) in [6, 6.07) is 16.0. The number of piperidine rings is 1. The standard InChI is InChI=1S/C25H21Cl2FN4O2/c26-19-8-7-15(12-20(19)27)22-13-17(9-10-31(22)24(29)33)32-21-6-2-5-18(23(21)30-25(32)34)14-3-1-4-16(28)11-14/h1-8,11-12,17,22H,9-10,13H2,(H2,29,33)(H,30,34). The van der Waals surface area contributed by atoms with Crippen LogP contribution in [0.2, 0.25) is 10.0 Å². The van der Waals surface area contributed by atoms with Crippen LogP contribution in [0, 0.1) is 5.82 Å². The number of nitrogens with two attached hydrogens (primary N) is 1. The summed E-state index contributed by atoms with van der Waals surface area (Å²) in [6.07, 6.45) is 1.02. The molecule has 9 heteroatoms. The minimum Gasteiger partial charge on any atom is -0.351 e. The van der Waals surface area contributed by atoms with Crippen molar-refractivity contribution in [2.75, 3.05) is 6.54 Å². The van der Waals surface area contributed by atoms with E-state index in [-0.39, 0.29) is 23.6 Å². The number of para-hydroxylation sites is 1. The van der Waals surface area contributed by atoms with E-state index in [4.69, 9.17) is 28.9 Å². The molecule has 0 bridgehead atoms. The second-order valence-electron chi connectivity index (χ2n) is 8.41. The summed E-state index contributed by atoms with van der Waals surface area (Å²) >= 11 is 12.3. The first-order valence-electron chi connectivity index (χ1n) is 10.8. The van der Waals surface area contributed by atoms with E-state index in [1.165, 1.54) is 12.1 Å².